The predicted molar refractivity (Wildman–Crippen MR) is 121 cm³/mol. The van der Waals surface area contributed by atoms with Crippen molar-refractivity contribution in [3.63, 3.8) is 0 Å². The maximum atomic E-state index is 13.7. The molecule has 1 aliphatic carbocycles. The van der Waals surface area contributed by atoms with Gasteiger partial charge in [-0.25, -0.2) is 13.2 Å². The third-order valence-corrected chi connectivity index (χ3v) is 6.36. The first kappa shape index (κ1) is 24.9. The van der Waals surface area contributed by atoms with Crippen molar-refractivity contribution in [1.29, 1.82) is 0 Å². The zero-order valence-corrected chi connectivity index (χ0v) is 19.5. The van der Waals surface area contributed by atoms with Crippen molar-refractivity contribution >= 4 is 23.3 Å². The molecule has 0 atom stereocenters. The summed E-state index contributed by atoms with van der Waals surface area (Å²) in [6, 6.07) is 5.27. The molecule has 2 amide bonds. The van der Waals surface area contributed by atoms with E-state index in [2.05, 4.69) is 16.0 Å². The molecule has 3 N–H and O–H groups in total. The molecule has 11 heteroatoms. The van der Waals surface area contributed by atoms with Gasteiger partial charge in [0.05, 0.1) is 30.1 Å². The number of carbonyl (C=O) groups is 3. The Balaban J connectivity index is 1.56. The van der Waals surface area contributed by atoms with Crippen LogP contribution in [-0.2, 0) is 22.5 Å². The monoisotopic (exact) mass is 492 g/mol. The summed E-state index contributed by atoms with van der Waals surface area (Å²) in [4.78, 5) is 39.2. The highest BCUT2D eigenvalue weighted by molar-refractivity contribution is 6.43. The van der Waals surface area contributed by atoms with Gasteiger partial charge in [0.15, 0.2) is 0 Å². The number of benzene rings is 1. The summed E-state index contributed by atoms with van der Waals surface area (Å²) >= 11 is 0. The second-order valence-corrected chi connectivity index (χ2v) is 9.13. The Labute approximate surface area is 200 Å². The maximum absolute atomic E-state index is 13.7. The number of aromatic nitrogens is 1. The maximum Gasteiger partial charge on any atom is 0.294 e. The highest BCUT2D eigenvalue weighted by Gasteiger charge is 2.58. The quantitative estimate of drug-likeness (QED) is 0.216. The van der Waals surface area contributed by atoms with Crippen LogP contribution >= 0.6 is 0 Å². The Morgan fingerprint density at radius 2 is 1.83 bits per heavy atom. The largest absolute Gasteiger partial charge is 0.364 e. The average Bonchev–Trinajstić information content (AvgIpc) is 3.33. The van der Waals surface area contributed by atoms with E-state index in [4.69, 9.17) is 4.74 Å². The number of Topliss-reactive ketones (excluding diaryl/α,β-unsaturated/α-hetero) is 1. The van der Waals surface area contributed by atoms with Crippen LogP contribution in [0.25, 0.3) is 0 Å². The number of fused-ring (bicyclic) bond motifs is 1. The molecule has 1 fully saturated rings. The summed E-state index contributed by atoms with van der Waals surface area (Å²) in [6.07, 6.45) is -0.0309. The van der Waals surface area contributed by atoms with Crippen LogP contribution in [0.15, 0.2) is 24.3 Å². The van der Waals surface area contributed by atoms with E-state index in [-0.39, 0.29) is 24.6 Å². The molecule has 1 saturated carbocycles. The van der Waals surface area contributed by atoms with Crippen LogP contribution in [0.4, 0.5) is 18.9 Å². The van der Waals surface area contributed by atoms with Gasteiger partial charge >= 0.3 is 0 Å². The van der Waals surface area contributed by atoms with E-state index >= 15 is 0 Å². The van der Waals surface area contributed by atoms with E-state index in [9.17, 15) is 27.6 Å². The van der Waals surface area contributed by atoms with E-state index in [0.717, 1.165) is 0 Å². The van der Waals surface area contributed by atoms with E-state index in [1.165, 1.54) is 24.3 Å². The molecule has 1 aliphatic heterocycles. The van der Waals surface area contributed by atoms with Crippen LogP contribution in [0.1, 0.15) is 51.4 Å². The number of halogens is 3. The van der Waals surface area contributed by atoms with Crippen LogP contribution in [-0.4, -0.2) is 54.0 Å². The Kier molecular flexibility index (Phi) is 6.74. The lowest BCUT2D eigenvalue weighted by atomic mass is 9.73. The summed E-state index contributed by atoms with van der Waals surface area (Å²) in [5.41, 5.74) is 0.347. The van der Waals surface area contributed by atoms with Crippen LogP contribution in [0.3, 0.4) is 0 Å². The van der Waals surface area contributed by atoms with E-state index in [1.807, 2.05) is 0 Å². The number of hydrogen-bond donors (Lipinski definition) is 3. The first-order chi connectivity index (χ1) is 16.6. The van der Waals surface area contributed by atoms with Crippen LogP contribution in [0.2, 0.25) is 0 Å². The summed E-state index contributed by atoms with van der Waals surface area (Å²) in [5, 5.41) is 7.90. The van der Waals surface area contributed by atoms with Crippen molar-refractivity contribution in [2.75, 3.05) is 25.7 Å². The van der Waals surface area contributed by atoms with Crippen molar-refractivity contribution in [3.05, 3.63) is 52.6 Å². The van der Waals surface area contributed by atoms with Gasteiger partial charge < -0.3 is 19.9 Å². The van der Waals surface area contributed by atoms with E-state index in [1.54, 1.807) is 18.5 Å². The number of nitrogens with one attached hydrogen (secondary N) is 3. The molecule has 35 heavy (non-hydrogen) atoms. The average molecular weight is 492 g/mol. The minimum atomic E-state index is -2.95. The molecule has 1 aromatic heterocycles. The number of amides is 2. The molecule has 4 rings (SSSR count). The summed E-state index contributed by atoms with van der Waals surface area (Å²) in [7, 11) is 1.63. The highest BCUT2D eigenvalue weighted by atomic mass is 19.3. The van der Waals surface area contributed by atoms with Crippen LogP contribution in [0.5, 0.6) is 0 Å². The van der Waals surface area contributed by atoms with Crippen LogP contribution < -0.4 is 16.0 Å². The van der Waals surface area contributed by atoms with Gasteiger partial charge in [0.25, 0.3) is 23.5 Å². The number of anilines is 1. The number of alkyl halides is 2. The zero-order valence-electron chi connectivity index (χ0n) is 19.5. The standard InChI is InChI=1S/C24H27F3N4O4/c1-14-18(21(33)29-16-7-5-15(25)6-8-16)17-4-3-9-31(17)19(14)20(32)22(34)30-23(12-35-13-28-2)10-24(26,27)11-23/h5-8,28H,3-4,9-13H2,1-2H3,(H,29,33)(H,30,34). The molecular formula is C24H27F3N4O4. The third-order valence-electron chi connectivity index (χ3n) is 6.36. The second kappa shape index (κ2) is 9.46. The molecule has 2 heterocycles. The van der Waals surface area contributed by atoms with Crippen molar-refractivity contribution in [3.8, 4) is 0 Å². The number of nitrogens with zero attached hydrogens (tertiary/aromatic N) is 1. The van der Waals surface area contributed by atoms with Gasteiger partial charge in [-0.05, 0) is 56.6 Å². The lowest BCUT2D eigenvalue weighted by Crippen LogP contribution is -2.65. The fourth-order valence-corrected chi connectivity index (χ4v) is 4.96. The lowest BCUT2D eigenvalue weighted by molar-refractivity contribution is -0.160. The van der Waals surface area contributed by atoms with Gasteiger partial charge in [-0.3, -0.25) is 19.7 Å². The van der Waals surface area contributed by atoms with E-state index < -0.39 is 47.7 Å². The van der Waals surface area contributed by atoms with Crippen molar-refractivity contribution in [2.45, 2.75) is 50.6 Å². The molecule has 0 spiro atoms. The minimum absolute atomic E-state index is 0.0663. The molecule has 8 nitrogen and oxygen atoms in total. The molecule has 2 aromatic rings. The van der Waals surface area contributed by atoms with Crippen molar-refractivity contribution < 1.29 is 32.3 Å². The zero-order chi connectivity index (χ0) is 25.4. The van der Waals surface area contributed by atoms with Gasteiger partial charge in [-0.2, -0.15) is 0 Å². The number of ketones is 1. The normalized spacial score (nSPS) is 17.4. The Hall–Kier alpha value is -3.18. The predicted octanol–water partition coefficient (Wildman–Crippen LogP) is 2.79. The molecule has 188 valence electrons. The third kappa shape index (κ3) is 4.96. The molecule has 0 bridgehead atoms. The van der Waals surface area contributed by atoms with Crippen LogP contribution in [0, 0.1) is 12.7 Å². The molecule has 0 saturated heterocycles. The van der Waals surface area contributed by atoms with E-state index in [0.29, 0.717) is 36.3 Å². The SMILES string of the molecule is CNCOCC1(NC(=O)C(=O)c2c(C)c(C(=O)Nc3ccc(F)cc3)c3n2CCC3)CC(F)(F)C1. The Morgan fingerprint density at radius 3 is 2.46 bits per heavy atom. The molecule has 1 aromatic carbocycles. The summed E-state index contributed by atoms with van der Waals surface area (Å²) in [5.74, 6) is -5.78. The fraction of sp³-hybridized carbons (Fsp3) is 0.458. The topological polar surface area (TPSA) is 101 Å². The number of carbonyl (C=O) groups excluding carboxylic acids is 3. The minimum Gasteiger partial charge on any atom is -0.364 e. The van der Waals surface area contributed by atoms with Gasteiger partial charge in [-0.15, -0.1) is 0 Å². The molecule has 0 radical (unpaired) electrons. The van der Waals surface area contributed by atoms with Gasteiger partial charge in [-0.1, -0.05) is 0 Å². The molecular weight excluding hydrogens is 465 g/mol. The number of ether oxygens (including phenoxy) is 1. The summed E-state index contributed by atoms with van der Waals surface area (Å²) < 4.78 is 47.5. The molecule has 0 unspecified atom stereocenters. The lowest BCUT2D eigenvalue weighted by Gasteiger charge is -2.47. The first-order valence-corrected chi connectivity index (χ1v) is 11.3. The van der Waals surface area contributed by atoms with Crippen molar-refractivity contribution in [2.24, 2.45) is 0 Å². The molecule has 2 aliphatic rings. The number of rotatable bonds is 9. The second-order valence-electron chi connectivity index (χ2n) is 9.13. The number of hydrogen-bond acceptors (Lipinski definition) is 5. The smallest absolute Gasteiger partial charge is 0.294 e. The van der Waals surface area contributed by atoms with Gasteiger partial charge in [0, 0.05) is 30.8 Å². The van der Waals surface area contributed by atoms with Crippen molar-refractivity contribution in [1.82, 2.24) is 15.2 Å². The van der Waals surface area contributed by atoms with Gasteiger partial charge in [0.1, 0.15) is 5.82 Å². The Bertz CT molecular complexity index is 1150. The highest BCUT2D eigenvalue weighted by Crippen LogP contribution is 2.45. The van der Waals surface area contributed by atoms with Gasteiger partial charge in [0.2, 0.25) is 0 Å². The summed E-state index contributed by atoms with van der Waals surface area (Å²) in [6.45, 7) is 1.96. The first-order valence-electron chi connectivity index (χ1n) is 11.3. The Morgan fingerprint density at radius 1 is 1.14 bits per heavy atom. The fourth-order valence-electron chi connectivity index (χ4n) is 4.96.